The van der Waals surface area contributed by atoms with Crippen LogP contribution in [0.15, 0.2) is 54.7 Å². The lowest BCUT2D eigenvalue weighted by atomic mass is 10.1. The molecule has 0 radical (unpaired) electrons. The highest BCUT2D eigenvalue weighted by molar-refractivity contribution is 6.04. The summed E-state index contributed by atoms with van der Waals surface area (Å²) in [5.41, 5.74) is 3.39. The van der Waals surface area contributed by atoms with Crippen LogP contribution in [0.2, 0.25) is 0 Å². The fourth-order valence-corrected chi connectivity index (χ4v) is 2.44. The summed E-state index contributed by atoms with van der Waals surface area (Å²) in [7, 11) is 0. The van der Waals surface area contributed by atoms with E-state index < -0.39 is 0 Å². The SMILES string of the molecule is CCc1ccccc1NC(=O)c1ccc(NC=C(C#N)c2nn[nH]n2)cc1. The summed E-state index contributed by atoms with van der Waals surface area (Å²) in [6.45, 7) is 2.04. The Morgan fingerprint density at radius 2 is 2.00 bits per heavy atom. The van der Waals surface area contributed by atoms with Crippen molar-refractivity contribution in [3.8, 4) is 6.07 Å². The minimum absolute atomic E-state index is 0.178. The Morgan fingerprint density at radius 3 is 2.67 bits per heavy atom. The second kappa shape index (κ2) is 8.40. The first kappa shape index (κ1) is 17.8. The van der Waals surface area contributed by atoms with E-state index >= 15 is 0 Å². The van der Waals surface area contributed by atoms with Crippen molar-refractivity contribution in [1.29, 1.82) is 5.26 Å². The molecule has 27 heavy (non-hydrogen) atoms. The number of carbonyl (C=O) groups excluding carboxylic acids is 1. The normalized spacial score (nSPS) is 10.9. The average Bonchev–Trinajstić information content (AvgIpc) is 3.24. The molecule has 1 heterocycles. The quantitative estimate of drug-likeness (QED) is 0.582. The van der Waals surface area contributed by atoms with Crippen molar-refractivity contribution in [1.82, 2.24) is 20.6 Å². The zero-order valence-corrected chi connectivity index (χ0v) is 14.6. The van der Waals surface area contributed by atoms with E-state index in [1.165, 1.54) is 6.20 Å². The summed E-state index contributed by atoms with van der Waals surface area (Å²) in [4.78, 5) is 12.4. The molecule has 0 aliphatic carbocycles. The molecule has 0 fully saturated rings. The third-order valence-corrected chi connectivity index (χ3v) is 3.88. The number of aromatic nitrogens is 4. The van der Waals surface area contributed by atoms with Crippen molar-refractivity contribution < 1.29 is 4.79 Å². The first-order valence-corrected chi connectivity index (χ1v) is 8.31. The number of allylic oxidation sites excluding steroid dienone is 1. The van der Waals surface area contributed by atoms with E-state index in [1.54, 1.807) is 24.3 Å². The van der Waals surface area contributed by atoms with E-state index in [2.05, 4.69) is 31.3 Å². The minimum atomic E-state index is -0.178. The molecular formula is C19H17N7O. The molecule has 0 saturated heterocycles. The molecule has 1 amide bonds. The van der Waals surface area contributed by atoms with Crippen LogP contribution >= 0.6 is 0 Å². The van der Waals surface area contributed by atoms with Crippen LogP contribution in [0.25, 0.3) is 5.57 Å². The van der Waals surface area contributed by atoms with Gasteiger partial charge < -0.3 is 10.6 Å². The maximum Gasteiger partial charge on any atom is 0.255 e. The van der Waals surface area contributed by atoms with Crippen LogP contribution in [0.4, 0.5) is 11.4 Å². The van der Waals surface area contributed by atoms with E-state index in [1.807, 2.05) is 37.3 Å². The van der Waals surface area contributed by atoms with Gasteiger partial charge in [0.15, 0.2) is 0 Å². The van der Waals surface area contributed by atoms with Gasteiger partial charge in [0.25, 0.3) is 5.91 Å². The number of nitrogens with zero attached hydrogens (tertiary/aromatic N) is 4. The molecule has 0 aliphatic rings. The Kier molecular flexibility index (Phi) is 5.54. The molecule has 2 aromatic carbocycles. The molecular weight excluding hydrogens is 342 g/mol. The summed E-state index contributed by atoms with van der Waals surface area (Å²) in [5, 5.41) is 28.3. The molecule has 0 spiro atoms. The molecule has 3 N–H and O–H groups in total. The number of aromatic amines is 1. The lowest BCUT2D eigenvalue weighted by Gasteiger charge is -2.10. The van der Waals surface area contributed by atoms with Crippen LogP contribution in [0.3, 0.4) is 0 Å². The molecule has 0 bridgehead atoms. The molecule has 1 aromatic heterocycles. The van der Waals surface area contributed by atoms with Gasteiger partial charge >= 0.3 is 0 Å². The van der Waals surface area contributed by atoms with Crippen molar-refractivity contribution in [2.45, 2.75) is 13.3 Å². The third kappa shape index (κ3) is 4.35. The maximum absolute atomic E-state index is 12.4. The molecule has 8 heteroatoms. The van der Waals surface area contributed by atoms with Gasteiger partial charge in [-0.15, -0.1) is 10.2 Å². The second-order valence-corrected chi connectivity index (χ2v) is 5.59. The summed E-state index contributed by atoms with van der Waals surface area (Å²) < 4.78 is 0. The third-order valence-electron chi connectivity index (χ3n) is 3.88. The van der Waals surface area contributed by atoms with Gasteiger partial charge in [0.2, 0.25) is 5.82 Å². The number of amides is 1. The van der Waals surface area contributed by atoms with Gasteiger partial charge in [-0.05, 0) is 47.5 Å². The summed E-state index contributed by atoms with van der Waals surface area (Å²) in [6.07, 6.45) is 2.32. The largest absolute Gasteiger partial charge is 0.360 e. The average molecular weight is 359 g/mol. The monoisotopic (exact) mass is 359 g/mol. The smallest absolute Gasteiger partial charge is 0.255 e. The van der Waals surface area contributed by atoms with Gasteiger partial charge in [-0.2, -0.15) is 10.5 Å². The van der Waals surface area contributed by atoms with Crippen LogP contribution in [0.5, 0.6) is 0 Å². The van der Waals surface area contributed by atoms with Crippen molar-refractivity contribution in [2.24, 2.45) is 0 Å². The van der Waals surface area contributed by atoms with Crippen molar-refractivity contribution >= 4 is 22.9 Å². The van der Waals surface area contributed by atoms with Crippen LogP contribution < -0.4 is 10.6 Å². The number of nitrogens with one attached hydrogen (secondary N) is 3. The molecule has 3 rings (SSSR count). The molecule has 0 unspecified atom stereocenters. The Bertz CT molecular complexity index is 986. The van der Waals surface area contributed by atoms with E-state index in [-0.39, 0.29) is 17.3 Å². The molecule has 3 aromatic rings. The van der Waals surface area contributed by atoms with Crippen LogP contribution in [0, 0.1) is 11.3 Å². The lowest BCUT2D eigenvalue weighted by molar-refractivity contribution is 0.102. The number of rotatable bonds is 6. The number of anilines is 2. The second-order valence-electron chi connectivity index (χ2n) is 5.59. The zero-order chi connectivity index (χ0) is 19.1. The first-order chi connectivity index (χ1) is 13.2. The Hall–Kier alpha value is -3.99. The number of para-hydroxylation sites is 1. The van der Waals surface area contributed by atoms with Crippen molar-refractivity contribution in [3.05, 3.63) is 71.7 Å². The highest BCUT2D eigenvalue weighted by Crippen LogP contribution is 2.18. The highest BCUT2D eigenvalue weighted by Gasteiger charge is 2.09. The number of hydrogen-bond donors (Lipinski definition) is 3. The topological polar surface area (TPSA) is 119 Å². The maximum atomic E-state index is 12.4. The molecule has 8 nitrogen and oxygen atoms in total. The summed E-state index contributed by atoms with van der Waals surface area (Å²) >= 11 is 0. The molecule has 134 valence electrons. The predicted molar refractivity (Wildman–Crippen MR) is 102 cm³/mol. The fraction of sp³-hybridized carbons (Fsp3) is 0.105. The van der Waals surface area contributed by atoms with E-state index in [0.717, 1.165) is 23.4 Å². The van der Waals surface area contributed by atoms with Gasteiger partial charge in [-0.1, -0.05) is 25.1 Å². The molecule has 0 aliphatic heterocycles. The number of H-pyrrole nitrogens is 1. The number of tetrazole rings is 1. The van der Waals surface area contributed by atoms with Gasteiger partial charge in [0.1, 0.15) is 11.6 Å². The van der Waals surface area contributed by atoms with Crippen molar-refractivity contribution in [3.63, 3.8) is 0 Å². The predicted octanol–water partition coefficient (Wildman–Crippen LogP) is 2.99. The Morgan fingerprint density at radius 1 is 1.22 bits per heavy atom. The van der Waals surface area contributed by atoms with Crippen LogP contribution in [0.1, 0.15) is 28.7 Å². The zero-order valence-electron chi connectivity index (χ0n) is 14.6. The number of nitriles is 1. The highest BCUT2D eigenvalue weighted by atomic mass is 16.1. The van der Waals surface area contributed by atoms with E-state index in [4.69, 9.17) is 5.26 Å². The fourth-order valence-electron chi connectivity index (χ4n) is 2.44. The minimum Gasteiger partial charge on any atom is -0.360 e. The van der Waals surface area contributed by atoms with Crippen LogP contribution in [-0.4, -0.2) is 26.5 Å². The van der Waals surface area contributed by atoms with E-state index in [9.17, 15) is 4.79 Å². The standard InChI is InChI=1S/C19H17N7O/c1-2-13-5-3-4-6-17(13)22-19(27)14-7-9-16(10-8-14)21-12-15(11-20)18-23-25-26-24-18/h3-10,12,21H,2H2,1H3,(H,22,27)(H,23,24,25,26). The first-order valence-electron chi connectivity index (χ1n) is 8.31. The lowest BCUT2D eigenvalue weighted by Crippen LogP contribution is -2.13. The molecule has 0 atom stereocenters. The number of carbonyl (C=O) groups is 1. The number of aryl methyl sites for hydroxylation is 1. The van der Waals surface area contributed by atoms with Gasteiger partial charge in [0, 0.05) is 23.1 Å². The van der Waals surface area contributed by atoms with E-state index in [0.29, 0.717) is 5.56 Å². The molecule has 0 saturated carbocycles. The van der Waals surface area contributed by atoms with Gasteiger partial charge in [-0.3, -0.25) is 4.79 Å². The Labute approximate surface area is 155 Å². The summed E-state index contributed by atoms with van der Waals surface area (Å²) in [5.74, 6) is 0.0260. The van der Waals surface area contributed by atoms with Crippen molar-refractivity contribution in [2.75, 3.05) is 10.6 Å². The van der Waals surface area contributed by atoms with Gasteiger partial charge in [-0.25, -0.2) is 0 Å². The number of benzene rings is 2. The summed E-state index contributed by atoms with van der Waals surface area (Å²) in [6, 6.07) is 16.6. The van der Waals surface area contributed by atoms with Crippen LogP contribution in [-0.2, 0) is 6.42 Å². The number of hydrogen-bond acceptors (Lipinski definition) is 6. The Balaban J connectivity index is 1.68. The van der Waals surface area contributed by atoms with Gasteiger partial charge in [0.05, 0.1) is 0 Å².